The van der Waals surface area contributed by atoms with Gasteiger partial charge >= 0.3 is 6.03 Å². The smallest absolute Gasteiger partial charge is 0.321 e. The van der Waals surface area contributed by atoms with E-state index in [9.17, 15) is 4.79 Å². The number of aromatic nitrogens is 2. The number of hydrogen-bond acceptors (Lipinski definition) is 3. The normalized spacial score (nSPS) is 19.0. The SMILES string of the molecule is CC(C)n1nccc1NC(=O)N1CCCCC1CCN(C)C. The van der Waals surface area contributed by atoms with Crippen LogP contribution in [0.15, 0.2) is 12.3 Å². The van der Waals surface area contributed by atoms with Crippen LogP contribution in [-0.4, -0.2) is 58.8 Å². The molecule has 1 aromatic heterocycles. The molecule has 1 fully saturated rings. The molecule has 1 aliphatic heterocycles. The summed E-state index contributed by atoms with van der Waals surface area (Å²) in [6.45, 7) is 5.98. The minimum Gasteiger partial charge on any atom is -0.321 e. The first kappa shape index (κ1) is 16.8. The average molecular weight is 307 g/mol. The molecular formula is C16H29N5O. The van der Waals surface area contributed by atoms with Gasteiger partial charge in [0, 0.05) is 24.7 Å². The maximum absolute atomic E-state index is 12.7. The summed E-state index contributed by atoms with van der Waals surface area (Å²) in [6.07, 6.45) is 6.17. The Bertz CT molecular complexity index is 483. The van der Waals surface area contributed by atoms with E-state index in [1.54, 1.807) is 6.20 Å². The van der Waals surface area contributed by atoms with Crippen LogP contribution in [0.2, 0.25) is 0 Å². The van der Waals surface area contributed by atoms with Gasteiger partial charge in [-0.3, -0.25) is 5.32 Å². The maximum Gasteiger partial charge on any atom is 0.323 e. The first-order valence-electron chi connectivity index (χ1n) is 8.25. The summed E-state index contributed by atoms with van der Waals surface area (Å²) < 4.78 is 1.84. The van der Waals surface area contributed by atoms with Gasteiger partial charge in [-0.15, -0.1) is 0 Å². The molecule has 0 saturated carbocycles. The molecule has 1 saturated heterocycles. The van der Waals surface area contributed by atoms with Crippen LogP contribution in [0.3, 0.4) is 0 Å². The van der Waals surface area contributed by atoms with Gasteiger partial charge in [-0.1, -0.05) is 0 Å². The standard InChI is InChI=1S/C16H29N5O/c1-13(2)21-15(8-10-17-21)18-16(22)20-11-6-5-7-14(20)9-12-19(3)4/h8,10,13-14H,5-7,9,11-12H2,1-4H3,(H,18,22). The molecule has 1 atom stereocenters. The zero-order valence-electron chi connectivity index (χ0n) is 14.2. The average Bonchev–Trinajstić information content (AvgIpc) is 2.93. The summed E-state index contributed by atoms with van der Waals surface area (Å²) in [5, 5.41) is 7.30. The minimum atomic E-state index is 0.00542. The van der Waals surface area contributed by atoms with E-state index in [0.29, 0.717) is 6.04 Å². The van der Waals surface area contributed by atoms with Crippen molar-refractivity contribution in [2.75, 3.05) is 32.5 Å². The van der Waals surface area contributed by atoms with Crippen LogP contribution in [0.25, 0.3) is 0 Å². The Hall–Kier alpha value is -1.56. The lowest BCUT2D eigenvalue weighted by Crippen LogP contribution is -2.47. The molecule has 0 bridgehead atoms. The van der Waals surface area contributed by atoms with Crippen LogP contribution in [0.5, 0.6) is 0 Å². The number of hydrogen-bond donors (Lipinski definition) is 1. The largest absolute Gasteiger partial charge is 0.323 e. The van der Waals surface area contributed by atoms with E-state index >= 15 is 0 Å². The fraction of sp³-hybridized carbons (Fsp3) is 0.750. The van der Waals surface area contributed by atoms with Crippen LogP contribution < -0.4 is 5.32 Å². The summed E-state index contributed by atoms with van der Waals surface area (Å²) >= 11 is 0. The van der Waals surface area contributed by atoms with Gasteiger partial charge in [0.25, 0.3) is 0 Å². The number of nitrogens with zero attached hydrogens (tertiary/aromatic N) is 4. The Morgan fingerprint density at radius 1 is 1.45 bits per heavy atom. The van der Waals surface area contributed by atoms with Gasteiger partial charge < -0.3 is 9.80 Å². The van der Waals surface area contributed by atoms with Gasteiger partial charge in [0.2, 0.25) is 0 Å². The van der Waals surface area contributed by atoms with Crippen LogP contribution in [0.4, 0.5) is 10.6 Å². The van der Waals surface area contributed by atoms with Crippen molar-refractivity contribution in [3.8, 4) is 0 Å². The van der Waals surface area contributed by atoms with Crippen molar-refractivity contribution in [3.63, 3.8) is 0 Å². The lowest BCUT2D eigenvalue weighted by atomic mass is 9.99. The highest BCUT2D eigenvalue weighted by atomic mass is 16.2. The Morgan fingerprint density at radius 2 is 2.23 bits per heavy atom. The van der Waals surface area contributed by atoms with Crippen molar-refractivity contribution in [1.29, 1.82) is 0 Å². The van der Waals surface area contributed by atoms with E-state index in [1.165, 1.54) is 6.42 Å². The van der Waals surface area contributed by atoms with Crippen LogP contribution in [-0.2, 0) is 0 Å². The van der Waals surface area contributed by atoms with Gasteiger partial charge in [0.15, 0.2) is 0 Å². The van der Waals surface area contributed by atoms with E-state index in [4.69, 9.17) is 0 Å². The van der Waals surface area contributed by atoms with E-state index in [0.717, 1.165) is 38.2 Å². The molecule has 1 N–H and O–H groups in total. The number of piperidine rings is 1. The third-order valence-corrected chi connectivity index (χ3v) is 4.19. The number of carbonyl (C=O) groups is 1. The van der Waals surface area contributed by atoms with Crippen molar-refractivity contribution in [2.24, 2.45) is 0 Å². The van der Waals surface area contributed by atoms with E-state index in [2.05, 4.69) is 43.3 Å². The van der Waals surface area contributed by atoms with Gasteiger partial charge in [-0.25, -0.2) is 9.48 Å². The molecule has 6 nitrogen and oxygen atoms in total. The van der Waals surface area contributed by atoms with Crippen molar-refractivity contribution in [1.82, 2.24) is 19.6 Å². The zero-order chi connectivity index (χ0) is 16.1. The third-order valence-electron chi connectivity index (χ3n) is 4.19. The van der Waals surface area contributed by atoms with Crippen LogP contribution in [0, 0.1) is 0 Å². The molecule has 0 radical (unpaired) electrons. The second kappa shape index (κ2) is 7.63. The van der Waals surface area contributed by atoms with E-state index in [1.807, 2.05) is 15.6 Å². The molecule has 1 aliphatic rings. The summed E-state index contributed by atoms with van der Waals surface area (Å²) in [7, 11) is 4.16. The predicted octanol–water partition coefficient (Wildman–Crippen LogP) is 2.80. The number of anilines is 1. The Morgan fingerprint density at radius 3 is 2.91 bits per heavy atom. The van der Waals surface area contributed by atoms with Crippen molar-refractivity contribution < 1.29 is 4.79 Å². The van der Waals surface area contributed by atoms with Gasteiger partial charge in [0.1, 0.15) is 5.82 Å². The molecule has 1 aromatic rings. The number of likely N-dealkylation sites (tertiary alicyclic amines) is 1. The maximum atomic E-state index is 12.7. The number of urea groups is 1. The van der Waals surface area contributed by atoms with E-state index < -0.39 is 0 Å². The molecule has 1 unspecified atom stereocenters. The molecule has 2 rings (SSSR count). The van der Waals surface area contributed by atoms with Crippen LogP contribution in [0.1, 0.15) is 45.6 Å². The zero-order valence-corrected chi connectivity index (χ0v) is 14.2. The summed E-state index contributed by atoms with van der Waals surface area (Å²) in [5.41, 5.74) is 0. The summed E-state index contributed by atoms with van der Waals surface area (Å²) in [5.74, 6) is 0.775. The number of rotatable bonds is 5. The number of amides is 2. The fourth-order valence-corrected chi connectivity index (χ4v) is 2.98. The second-order valence-corrected chi connectivity index (χ2v) is 6.62. The highest BCUT2D eigenvalue weighted by Crippen LogP contribution is 2.22. The molecule has 6 heteroatoms. The first-order valence-corrected chi connectivity index (χ1v) is 8.25. The summed E-state index contributed by atoms with van der Waals surface area (Å²) in [4.78, 5) is 16.8. The van der Waals surface area contributed by atoms with Crippen molar-refractivity contribution >= 4 is 11.8 Å². The highest BCUT2D eigenvalue weighted by Gasteiger charge is 2.27. The number of carbonyl (C=O) groups excluding carboxylic acids is 1. The van der Waals surface area contributed by atoms with Gasteiger partial charge in [0.05, 0.1) is 6.20 Å². The van der Waals surface area contributed by atoms with Crippen molar-refractivity contribution in [2.45, 2.75) is 51.6 Å². The molecule has 0 aromatic carbocycles. The molecule has 0 spiro atoms. The van der Waals surface area contributed by atoms with Crippen molar-refractivity contribution in [3.05, 3.63) is 12.3 Å². The second-order valence-electron chi connectivity index (χ2n) is 6.62. The first-order chi connectivity index (χ1) is 10.5. The third kappa shape index (κ3) is 4.22. The highest BCUT2D eigenvalue weighted by molar-refractivity contribution is 5.88. The molecule has 2 heterocycles. The molecule has 22 heavy (non-hydrogen) atoms. The molecular weight excluding hydrogens is 278 g/mol. The number of nitrogens with one attached hydrogen (secondary N) is 1. The van der Waals surface area contributed by atoms with Crippen LogP contribution >= 0.6 is 0 Å². The molecule has 124 valence electrons. The monoisotopic (exact) mass is 307 g/mol. The Kier molecular flexibility index (Phi) is 5.83. The van der Waals surface area contributed by atoms with E-state index in [-0.39, 0.29) is 12.1 Å². The lowest BCUT2D eigenvalue weighted by Gasteiger charge is -2.36. The Balaban J connectivity index is 2.00. The van der Waals surface area contributed by atoms with Gasteiger partial charge in [-0.2, -0.15) is 5.10 Å². The minimum absolute atomic E-state index is 0.00542. The van der Waals surface area contributed by atoms with Gasteiger partial charge in [-0.05, 0) is 60.2 Å². The quantitative estimate of drug-likeness (QED) is 0.910. The molecule has 0 aliphatic carbocycles. The topological polar surface area (TPSA) is 53.4 Å². The predicted molar refractivity (Wildman–Crippen MR) is 89.1 cm³/mol. The molecule has 2 amide bonds. The fourth-order valence-electron chi connectivity index (χ4n) is 2.98. The summed E-state index contributed by atoms with van der Waals surface area (Å²) in [6, 6.07) is 2.44. The Labute approximate surface area is 133 Å². The lowest BCUT2D eigenvalue weighted by molar-refractivity contribution is 0.152.